The average molecular weight is 402 g/mol. The third-order valence-corrected chi connectivity index (χ3v) is 5.18. The highest BCUT2D eigenvalue weighted by Gasteiger charge is 2.35. The van der Waals surface area contributed by atoms with Crippen molar-refractivity contribution in [1.29, 1.82) is 0 Å². The van der Waals surface area contributed by atoms with E-state index in [1.165, 1.54) is 6.07 Å². The fourth-order valence-electron chi connectivity index (χ4n) is 3.56. The minimum Gasteiger partial charge on any atom is -0.507 e. The van der Waals surface area contributed by atoms with E-state index < -0.39 is 11.6 Å². The summed E-state index contributed by atoms with van der Waals surface area (Å²) in [4.78, 5) is 27.9. The van der Waals surface area contributed by atoms with Crippen LogP contribution < -0.4 is 10.5 Å². The molecule has 3 aromatic rings. The lowest BCUT2D eigenvalue weighted by Crippen LogP contribution is -2.22. The maximum Gasteiger partial charge on any atom is 0.198 e. The van der Waals surface area contributed by atoms with Crippen LogP contribution in [0, 0.1) is 0 Å². The van der Waals surface area contributed by atoms with Crippen LogP contribution in [-0.4, -0.2) is 42.2 Å². The predicted molar refractivity (Wildman–Crippen MR) is 115 cm³/mol. The summed E-state index contributed by atoms with van der Waals surface area (Å²) in [5.41, 5.74) is 7.85. The Balaban J connectivity index is 1.68. The normalized spacial score (nSPS) is 12.6. The Morgan fingerprint density at radius 2 is 1.53 bits per heavy atom. The number of aromatic hydroxyl groups is 1. The quantitative estimate of drug-likeness (QED) is 0.391. The van der Waals surface area contributed by atoms with Crippen molar-refractivity contribution in [3.63, 3.8) is 0 Å². The van der Waals surface area contributed by atoms with Gasteiger partial charge in [0.05, 0.1) is 16.8 Å². The summed E-state index contributed by atoms with van der Waals surface area (Å²) in [5.74, 6) is -0.513. The van der Waals surface area contributed by atoms with Gasteiger partial charge in [0.2, 0.25) is 0 Å². The Kier molecular flexibility index (Phi) is 5.01. The van der Waals surface area contributed by atoms with Crippen LogP contribution in [0.4, 0.5) is 5.69 Å². The Bertz CT molecular complexity index is 1150. The highest BCUT2D eigenvalue weighted by atomic mass is 16.5. The number of carbonyl (C=O) groups excluding carboxylic acids is 2. The molecule has 0 amide bonds. The second-order valence-electron chi connectivity index (χ2n) is 7.56. The molecule has 1 aliphatic carbocycles. The molecule has 1 aliphatic rings. The first kappa shape index (κ1) is 19.7. The molecule has 0 bridgehead atoms. The van der Waals surface area contributed by atoms with Gasteiger partial charge in [0.15, 0.2) is 17.3 Å². The number of carbonyl (C=O) groups is 2. The van der Waals surface area contributed by atoms with Gasteiger partial charge in [0.25, 0.3) is 0 Å². The first-order valence-corrected chi connectivity index (χ1v) is 9.62. The number of rotatable bonds is 5. The molecule has 0 saturated carbocycles. The number of ketones is 2. The number of benzene rings is 3. The Morgan fingerprint density at radius 1 is 0.933 bits per heavy atom. The van der Waals surface area contributed by atoms with Gasteiger partial charge in [-0.3, -0.25) is 9.59 Å². The second-order valence-corrected chi connectivity index (χ2v) is 7.56. The van der Waals surface area contributed by atoms with E-state index in [0.717, 1.165) is 18.5 Å². The molecule has 0 unspecified atom stereocenters. The van der Waals surface area contributed by atoms with Crippen molar-refractivity contribution in [2.24, 2.45) is 0 Å². The summed E-state index contributed by atoms with van der Waals surface area (Å²) in [6.07, 6.45) is 0.908. The summed E-state index contributed by atoms with van der Waals surface area (Å²) in [6, 6.07) is 15.3. The van der Waals surface area contributed by atoms with Crippen LogP contribution in [0.1, 0.15) is 37.4 Å². The monoisotopic (exact) mass is 402 g/mol. The SMILES string of the molecule is CN(C)CCc1ccc(Oc2cc(O)c3c(c2N)C(=O)c2ccccc2C3=O)cc1. The third kappa shape index (κ3) is 3.42. The summed E-state index contributed by atoms with van der Waals surface area (Å²) in [7, 11) is 4.04. The lowest BCUT2D eigenvalue weighted by atomic mass is 9.82. The van der Waals surface area contributed by atoms with E-state index in [2.05, 4.69) is 4.90 Å². The predicted octanol–water partition coefficient (Wildman–Crippen LogP) is 3.65. The lowest BCUT2D eigenvalue weighted by molar-refractivity contribution is 0.0977. The minimum atomic E-state index is -0.429. The van der Waals surface area contributed by atoms with Gasteiger partial charge in [0, 0.05) is 23.7 Å². The highest BCUT2D eigenvalue weighted by Crippen LogP contribution is 2.42. The van der Waals surface area contributed by atoms with Crippen LogP contribution in [0.2, 0.25) is 0 Å². The number of phenols is 1. The van der Waals surface area contributed by atoms with Gasteiger partial charge < -0.3 is 20.5 Å². The molecule has 0 aliphatic heterocycles. The van der Waals surface area contributed by atoms with E-state index in [1.54, 1.807) is 24.3 Å². The molecular weight excluding hydrogens is 380 g/mol. The number of phenolic OH excluding ortho intramolecular Hbond substituents is 1. The molecule has 4 rings (SSSR count). The number of fused-ring (bicyclic) bond motifs is 2. The Morgan fingerprint density at radius 3 is 2.13 bits per heavy atom. The topological polar surface area (TPSA) is 92.9 Å². The van der Waals surface area contributed by atoms with Gasteiger partial charge in [-0.25, -0.2) is 0 Å². The fourth-order valence-corrected chi connectivity index (χ4v) is 3.56. The zero-order valence-electron chi connectivity index (χ0n) is 16.8. The minimum absolute atomic E-state index is 0.0173. The number of anilines is 1. The molecule has 0 radical (unpaired) electrons. The zero-order valence-corrected chi connectivity index (χ0v) is 16.8. The molecule has 0 atom stereocenters. The molecule has 0 heterocycles. The maximum atomic E-state index is 13.0. The van der Waals surface area contributed by atoms with Crippen LogP contribution in [0.3, 0.4) is 0 Å². The van der Waals surface area contributed by atoms with Crippen molar-refractivity contribution < 1.29 is 19.4 Å². The Labute approximate surface area is 174 Å². The van der Waals surface area contributed by atoms with E-state index in [1.807, 2.05) is 38.4 Å². The number of hydrogen-bond acceptors (Lipinski definition) is 6. The van der Waals surface area contributed by atoms with Crippen molar-refractivity contribution >= 4 is 17.3 Å². The molecular formula is C24H22N2O4. The van der Waals surface area contributed by atoms with Gasteiger partial charge in [-0.1, -0.05) is 36.4 Å². The Hall–Kier alpha value is -3.64. The largest absolute Gasteiger partial charge is 0.507 e. The number of nitrogens with zero attached hydrogens (tertiary/aromatic N) is 1. The number of ether oxygens (including phenoxy) is 1. The molecule has 0 fully saturated rings. The fraction of sp³-hybridized carbons (Fsp3) is 0.167. The molecule has 0 aromatic heterocycles. The van der Waals surface area contributed by atoms with Gasteiger partial charge in [-0.15, -0.1) is 0 Å². The van der Waals surface area contributed by atoms with E-state index >= 15 is 0 Å². The van der Waals surface area contributed by atoms with E-state index in [-0.39, 0.29) is 39.4 Å². The highest BCUT2D eigenvalue weighted by molar-refractivity contribution is 6.31. The molecule has 0 saturated heterocycles. The number of hydrogen-bond donors (Lipinski definition) is 2. The van der Waals surface area contributed by atoms with Crippen LogP contribution >= 0.6 is 0 Å². The molecule has 6 heteroatoms. The molecule has 3 aromatic carbocycles. The molecule has 152 valence electrons. The first-order valence-electron chi connectivity index (χ1n) is 9.62. The second kappa shape index (κ2) is 7.65. The van der Waals surface area contributed by atoms with Gasteiger partial charge >= 0.3 is 0 Å². The summed E-state index contributed by atoms with van der Waals surface area (Å²) < 4.78 is 5.85. The third-order valence-electron chi connectivity index (χ3n) is 5.18. The van der Waals surface area contributed by atoms with Crippen molar-refractivity contribution in [2.75, 3.05) is 26.4 Å². The van der Waals surface area contributed by atoms with Crippen molar-refractivity contribution in [1.82, 2.24) is 4.90 Å². The smallest absolute Gasteiger partial charge is 0.198 e. The molecule has 30 heavy (non-hydrogen) atoms. The molecule has 6 nitrogen and oxygen atoms in total. The number of likely N-dealkylation sites (N-methyl/N-ethyl adjacent to an activating group) is 1. The van der Waals surface area contributed by atoms with Crippen LogP contribution in [0.5, 0.6) is 17.2 Å². The number of nitrogens with two attached hydrogens (primary N) is 1. The van der Waals surface area contributed by atoms with Crippen LogP contribution in [0.25, 0.3) is 0 Å². The van der Waals surface area contributed by atoms with Crippen molar-refractivity contribution in [3.8, 4) is 17.2 Å². The maximum absolute atomic E-state index is 13.0. The van der Waals surface area contributed by atoms with Gasteiger partial charge in [-0.05, 0) is 38.2 Å². The summed E-state index contributed by atoms with van der Waals surface area (Å²) in [6.45, 7) is 0.934. The van der Waals surface area contributed by atoms with E-state index in [9.17, 15) is 14.7 Å². The molecule has 0 spiro atoms. The van der Waals surface area contributed by atoms with Crippen LogP contribution in [-0.2, 0) is 6.42 Å². The van der Waals surface area contributed by atoms with Crippen molar-refractivity contribution in [3.05, 3.63) is 82.4 Å². The lowest BCUT2D eigenvalue weighted by Gasteiger charge is -2.21. The van der Waals surface area contributed by atoms with E-state index in [0.29, 0.717) is 5.75 Å². The van der Waals surface area contributed by atoms with Gasteiger partial charge in [0.1, 0.15) is 11.5 Å². The first-order chi connectivity index (χ1) is 14.4. The van der Waals surface area contributed by atoms with Crippen LogP contribution in [0.15, 0.2) is 54.6 Å². The molecule has 3 N–H and O–H groups in total. The summed E-state index contributed by atoms with van der Waals surface area (Å²) >= 11 is 0. The summed E-state index contributed by atoms with van der Waals surface area (Å²) in [5, 5.41) is 10.5. The zero-order chi connectivity index (χ0) is 21.4. The standard InChI is InChI=1S/C24H22N2O4/c1-26(2)12-11-14-7-9-15(10-8-14)30-19-13-18(27)20-21(22(19)25)24(29)17-6-4-3-5-16(17)23(20)28/h3-10,13,27H,11-12,25H2,1-2H3. The van der Waals surface area contributed by atoms with Gasteiger partial charge in [-0.2, -0.15) is 0 Å². The average Bonchev–Trinajstić information content (AvgIpc) is 2.73. The van der Waals surface area contributed by atoms with Crippen molar-refractivity contribution in [2.45, 2.75) is 6.42 Å². The number of nitrogen functional groups attached to an aromatic ring is 1. The van der Waals surface area contributed by atoms with E-state index in [4.69, 9.17) is 10.5 Å².